The molecule has 0 spiro atoms. The molecule has 2 heterocycles. The highest BCUT2D eigenvalue weighted by Crippen LogP contribution is 2.18. The Labute approximate surface area is 152 Å². The number of anilines is 1. The van der Waals surface area contributed by atoms with Gasteiger partial charge in [-0.2, -0.15) is 5.10 Å². The summed E-state index contributed by atoms with van der Waals surface area (Å²) < 4.78 is 6.58. The van der Waals surface area contributed by atoms with Crippen molar-refractivity contribution in [2.45, 2.75) is 6.54 Å². The molecule has 2 aromatic heterocycles. The van der Waals surface area contributed by atoms with E-state index in [9.17, 15) is 9.59 Å². The van der Waals surface area contributed by atoms with Gasteiger partial charge < -0.3 is 9.73 Å². The van der Waals surface area contributed by atoms with E-state index in [2.05, 4.69) is 15.4 Å². The number of benzene rings is 2. The molecule has 0 aliphatic rings. The summed E-state index contributed by atoms with van der Waals surface area (Å²) in [6.07, 6.45) is 3.14. The Morgan fingerprint density at radius 1 is 1.27 bits per heavy atom. The van der Waals surface area contributed by atoms with Crippen LogP contribution < -0.4 is 11.1 Å². The number of amides is 1. The Hall–Kier alpha value is -3.32. The monoisotopic (exact) mass is 368 g/mol. The van der Waals surface area contributed by atoms with Gasteiger partial charge >= 0.3 is 5.76 Å². The number of halogens is 1. The van der Waals surface area contributed by atoms with Gasteiger partial charge in [0.2, 0.25) is 0 Å². The van der Waals surface area contributed by atoms with Crippen LogP contribution in [0.2, 0.25) is 5.02 Å². The van der Waals surface area contributed by atoms with Gasteiger partial charge in [0.1, 0.15) is 0 Å². The van der Waals surface area contributed by atoms with Crippen molar-refractivity contribution in [1.82, 2.24) is 14.8 Å². The highest BCUT2D eigenvalue weighted by molar-refractivity contribution is 6.31. The Morgan fingerprint density at radius 2 is 2.12 bits per heavy atom. The Balaban J connectivity index is 1.50. The fraction of sp³-hybridized carbons (Fsp3) is 0.0556. The standard InChI is InChI=1S/C18H13ClN4O3/c19-14-4-2-1-3-11(14)9-23-10-12(8-20-23)17(24)21-13-5-6-16-15(7-13)22-18(25)26-16/h1-8,10H,9H2,(H,21,24)(H,22,25). The molecule has 130 valence electrons. The minimum absolute atomic E-state index is 0.305. The van der Waals surface area contributed by atoms with E-state index >= 15 is 0 Å². The number of carbonyl (C=O) groups is 1. The second-order valence-electron chi connectivity index (χ2n) is 5.70. The number of aromatic nitrogens is 3. The van der Waals surface area contributed by atoms with Crippen molar-refractivity contribution in [2.24, 2.45) is 0 Å². The summed E-state index contributed by atoms with van der Waals surface area (Å²) in [5.74, 6) is -0.843. The van der Waals surface area contributed by atoms with Gasteiger partial charge in [0.05, 0.1) is 23.8 Å². The molecule has 0 saturated carbocycles. The number of aromatic amines is 1. The molecule has 0 radical (unpaired) electrons. The molecule has 1 amide bonds. The average Bonchev–Trinajstić information content (AvgIpc) is 3.22. The van der Waals surface area contributed by atoms with Crippen LogP contribution in [0, 0.1) is 0 Å². The summed E-state index contributed by atoms with van der Waals surface area (Å²) in [4.78, 5) is 26.1. The molecule has 4 rings (SSSR count). The van der Waals surface area contributed by atoms with Gasteiger partial charge in [-0.25, -0.2) is 4.79 Å². The molecule has 0 aliphatic carbocycles. The van der Waals surface area contributed by atoms with Crippen LogP contribution in [0.3, 0.4) is 0 Å². The predicted octanol–water partition coefficient (Wildman–Crippen LogP) is 3.27. The largest absolute Gasteiger partial charge is 0.417 e. The molecule has 2 N–H and O–H groups in total. The summed E-state index contributed by atoms with van der Waals surface area (Å²) in [6, 6.07) is 12.4. The van der Waals surface area contributed by atoms with Crippen LogP contribution in [0.4, 0.5) is 5.69 Å². The van der Waals surface area contributed by atoms with Crippen molar-refractivity contribution < 1.29 is 9.21 Å². The number of oxazole rings is 1. The highest BCUT2D eigenvalue weighted by Gasteiger charge is 2.11. The molecule has 0 atom stereocenters. The van der Waals surface area contributed by atoms with E-state index in [0.717, 1.165) is 5.56 Å². The van der Waals surface area contributed by atoms with Crippen LogP contribution in [-0.4, -0.2) is 20.7 Å². The maximum absolute atomic E-state index is 12.4. The zero-order chi connectivity index (χ0) is 18.1. The number of H-pyrrole nitrogens is 1. The Morgan fingerprint density at radius 3 is 2.96 bits per heavy atom. The fourth-order valence-electron chi connectivity index (χ4n) is 2.60. The van der Waals surface area contributed by atoms with Gasteiger partial charge in [-0.15, -0.1) is 0 Å². The summed E-state index contributed by atoms with van der Waals surface area (Å²) >= 11 is 6.15. The van der Waals surface area contributed by atoms with Gasteiger partial charge in [-0.05, 0) is 29.8 Å². The topological polar surface area (TPSA) is 92.9 Å². The lowest BCUT2D eigenvalue weighted by atomic mass is 10.2. The van der Waals surface area contributed by atoms with Gasteiger partial charge in [0.15, 0.2) is 5.58 Å². The average molecular weight is 369 g/mol. The lowest BCUT2D eigenvalue weighted by Gasteiger charge is -2.04. The van der Waals surface area contributed by atoms with Crippen molar-refractivity contribution in [3.05, 3.63) is 81.6 Å². The molecular weight excluding hydrogens is 356 g/mol. The molecule has 2 aromatic carbocycles. The summed E-state index contributed by atoms with van der Waals surface area (Å²) in [6.45, 7) is 0.467. The molecule has 0 saturated heterocycles. The van der Waals surface area contributed by atoms with E-state index in [-0.39, 0.29) is 5.91 Å². The lowest BCUT2D eigenvalue weighted by molar-refractivity contribution is 0.102. The number of rotatable bonds is 4. The molecule has 26 heavy (non-hydrogen) atoms. The molecule has 4 aromatic rings. The Kier molecular flexibility index (Phi) is 4.06. The second kappa shape index (κ2) is 6.53. The second-order valence-corrected chi connectivity index (χ2v) is 6.10. The van der Waals surface area contributed by atoms with Gasteiger partial charge in [-0.3, -0.25) is 14.5 Å². The summed E-state index contributed by atoms with van der Waals surface area (Å²) in [5, 5.41) is 7.62. The highest BCUT2D eigenvalue weighted by atomic mass is 35.5. The first-order valence-electron chi connectivity index (χ1n) is 7.78. The van der Waals surface area contributed by atoms with Crippen LogP contribution in [0.15, 0.2) is 64.1 Å². The van der Waals surface area contributed by atoms with E-state index in [1.54, 1.807) is 29.1 Å². The van der Waals surface area contributed by atoms with E-state index < -0.39 is 5.76 Å². The van der Waals surface area contributed by atoms with E-state index in [4.69, 9.17) is 16.0 Å². The third kappa shape index (κ3) is 3.25. The van der Waals surface area contributed by atoms with Crippen LogP contribution in [0.5, 0.6) is 0 Å². The van der Waals surface area contributed by atoms with Crippen LogP contribution in [0.25, 0.3) is 11.1 Å². The predicted molar refractivity (Wildman–Crippen MR) is 97.6 cm³/mol. The SMILES string of the molecule is O=C(Nc1ccc2oc(=O)[nH]c2c1)c1cnn(Cc2ccccc2Cl)c1. The van der Waals surface area contributed by atoms with E-state index in [1.165, 1.54) is 6.20 Å². The van der Waals surface area contributed by atoms with Gasteiger partial charge in [0.25, 0.3) is 5.91 Å². The van der Waals surface area contributed by atoms with Crippen molar-refractivity contribution >= 4 is 34.3 Å². The number of carbonyl (C=O) groups excluding carboxylic acids is 1. The molecule has 8 heteroatoms. The lowest BCUT2D eigenvalue weighted by Crippen LogP contribution is -2.11. The summed E-state index contributed by atoms with van der Waals surface area (Å²) in [5.41, 5.74) is 2.82. The van der Waals surface area contributed by atoms with Gasteiger partial charge in [0, 0.05) is 16.9 Å². The summed E-state index contributed by atoms with van der Waals surface area (Å²) in [7, 11) is 0. The van der Waals surface area contributed by atoms with E-state index in [0.29, 0.717) is 33.9 Å². The smallest absolute Gasteiger partial charge is 0.408 e. The molecule has 7 nitrogen and oxygen atoms in total. The molecule has 0 aliphatic heterocycles. The van der Waals surface area contributed by atoms with Crippen molar-refractivity contribution in [3.8, 4) is 0 Å². The van der Waals surface area contributed by atoms with Crippen molar-refractivity contribution in [1.29, 1.82) is 0 Å². The number of fused-ring (bicyclic) bond motifs is 1. The molecule has 0 fully saturated rings. The Bertz CT molecular complexity index is 1160. The first kappa shape index (κ1) is 16.2. The van der Waals surface area contributed by atoms with E-state index in [1.807, 2.05) is 24.3 Å². The number of hydrogen-bond acceptors (Lipinski definition) is 4. The molecular formula is C18H13ClN4O3. The number of nitrogens with one attached hydrogen (secondary N) is 2. The first-order valence-corrected chi connectivity index (χ1v) is 8.16. The minimum atomic E-state index is -0.538. The normalized spacial score (nSPS) is 11.0. The molecule has 0 unspecified atom stereocenters. The van der Waals surface area contributed by atoms with Crippen LogP contribution >= 0.6 is 11.6 Å². The maximum Gasteiger partial charge on any atom is 0.417 e. The fourth-order valence-corrected chi connectivity index (χ4v) is 2.80. The number of hydrogen-bond donors (Lipinski definition) is 2. The minimum Gasteiger partial charge on any atom is -0.408 e. The molecule has 0 bridgehead atoms. The quantitative estimate of drug-likeness (QED) is 0.578. The number of nitrogens with zero attached hydrogens (tertiary/aromatic N) is 2. The van der Waals surface area contributed by atoms with Crippen molar-refractivity contribution in [2.75, 3.05) is 5.32 Å². The van der Waals surface area contributed by atoms with Gasteiger partial charge in [-0.1, -0.05) is 29.8 Å². The van der Waals surface area contributed by atoms with Crippen molar-refractivity contribution in [3.63, 3.8) is 0 Å². The third-order valence-corrected chi connectivity index (χ3v) is 4.23. The third-order valence-electron chi connectivity index (χ3n) is 3.86. The first-order chi connectivity index (χ1) is 12.6. The maximum atomic E-state index is 12.4. The zero-order valence-corrected chi connectivity index (χ0v) is 14.2. The zero-order valence-electron chi connectivity index (χ0n) is 13.4. The van der Waals surface area contributed by atoms with Crippen LogP contribution in [-0.2, 0) is 6.54 Å². The van der Waals surface area contributed by atoms with Crippen LogP contribution in [0.1, 0.15) is 15.9 Å².